The van der Waals surface area contributed by atoms with E-state index in [2.05, 4.69) is 4.74 Å². The van der Waals surface area contributed by atoms with Gasteiger partial charge in [0.1, 0.15) is 11.5 Å². The van der Waals surface area contributed by atoms with Crippen molar-refractivity contribution in [2.24, 2.45) is 0 Å². The van der Waals surface area contributed by atoms with Crippen molar-refractivity contribution in [3.8, 4) is 11.5 Å². The molecule has 0 saturated carbocycles. The van der Waals surface area contributed by atoms with E-state index in [0.29, 0.717) is 18.7 Å². The van der Waals surface area contributed by atoms with Gasteiger partial charge in [0.05, 0.1) is 7.11 Å². The molecule has 0 bridgehead atoms. The minimum Gasteiger partial charge on any atom is -0.497 e. The molecule has 2 aromatic rings. The molecule has 0 aromatic heterocycles. The minimum atomic E-state index is -4.75. The van der Waals surface area contributed by atoms with Crippen LogP contribution in [0.5, 0.6) is 11.5 Å². The number of methoxy groups -OCH3 is 1. The molecule has 7 heteroatoms. The fraction of sp³-hybridized carbons (Fsp3) is 0.278. The molecule has 0 radical (unpaired) electrons. The number of hydrogen-bond donors (Lipinski definition) is 0. The smallest absolute Gasteiger partial charge is 0.497 e. The van der Waals surface area contributed by atoms with Crippen LogP contribution in [0.15, 0.2) is 48.5 Å². The molecule has 134 valence electrons. The summed E-state index contributed by atoms with van der Waals surface area (Å²) < 4.78 is 45.4. The molecule has 2 aromatic carbocycles. The highest BCUT2D eigenvalue weighted by molar-refractivity contribution is 5.94. The van der Waals surface area contributed by atoms with Gasteiger partial charge in [-0.05, 0) is 48.9 Å². The lowest BCUT2D eigenvalue weighted by molar-refractivity contribution is -0.274. The first-order chi connectivity index (χ1) is 11.8. The molecular formula is C18H18F3NO3. The van der Waals surface area contributed by atoms with Crippen molar-refractivity contribution in [2.75, 3.05) is 13.7 Å². The predicted molar refractivity (Wildman–Crippen MR) is 86.5 cm³/mol. The number of nitrogens with zero attached hydrogens (tertiary/aromatic N) is 1. The second kappa shape index (κ2) is 7.92. The van der Waals surface area contributed by atoms with Gasteiger partial charge >= 0.3 is 6.36 Å². The van der Waals surface area contributed by atoms with Crippen molar-refractivity contribution in [2.45, 2.75) is 19.8 Å². The van der Waals surface area contributed by atoms with E-state index in [4.69, 9.17) is 4.74 Å². The molecule has 0 spiro atoms. The zero-order chi connectivity index (χ0) is 18.4. The van der Waals surface area contributed by atoms with Gasteiger partial charge in [-0.3, -0.25) is 4.79 Å². The fourth-order valence-corrected chi connectivity index (χ4v) is 2.26. The van der Waals surface area contributed by atoms with Crippen LogP contribution in [0.25, 0.3) is 0 Å². The number of alkyl halides is 3. The summed E-state index contributed by atoms with van der Waals surface area (Å²) in [7, 11) is 1.57. The molecule has 0 fully saturated rings. The van der Waals surface area contributed by atoms with Crippen molar-refractivity contribution in [1.82, 2.24) is 4.90 Å². The standard InChI is InChI=1S/C18H18F3NO3/c1-3-22(12-13-4-8-15(24-2)9-5-13)17(23)14-6-10-16(11-7-14)25-18(19,20)21/h4-11H,3,12H2,1-2H3. The van der Waals surface area contributed by atoms with Gasteiger partial charge in [0.2, 0.25) is 0 Å². The van der Waals surface area contributed by atoms with Crippen LogP contribution in [0.4, 0.5) is 13.2 Å². The average Bonchev–Trinajstić information content (AvgIpc) is 2.59. The van der Waals surface area contributed by atoms with E-state index in [1.165, 1.54) is 12.1 Å². The molecule has 2 rings (SSSR count). The second-order valence-corrected chi connectivity index (χ2v) is 5.24. The molecule has 0 unspecified atom stereocenters. The van der Waals surface area contributed by atoms with E-state index in [9.17, 15) is 18.0 Å². The molecular weight excluding hydrogens is 335 g/mol. The average molecular weight is 353 g/mol. The maximum Gasteiger partial charge on any atom is 0.573 e. The Morgan fingerprint density at radius 1 is 1.00 bits per heavy atom. The Bertz CT molecular complexity index is 697. The lowest BCUT2D eigenvalue weighted by Crippen LogP contribution is -2.30. The van der Waals surface area contributed by atoms with Crippen molar-refractivity contribution in [3.05, 3.63) is 59.7 Å². The van der Waals surface area contributed by atoms with Crippen molar-refractivity contribution >= 4 is 5.91 Å². The van der Waals surface area contributed by atoms with Crippen LogP contribution >= 0.6 is 0 Å². The van der Waals surface area contributed by atoms with Crippen LogP contribution in [-0.2, 0) is 6.54 Å². The van der Waals surface area contributed by atoms with Gasteiger partial charge in [0.15, 0.2) is 0 Å². The number of carbonyl (C=O) groups is 1. The summed E-state index contributed by atoms with van der Waals surface area (Å²) in [6.07, 6.45) is -4.75. The first-order valence-electron chi connectivity index (χ1n) is 7.60. The zero-order valence-electron chi connectivity index (χ0n) is 13.8. The number of benzene rings is 2. The van der Waals surface area contributed by atoms with E-state index in [0.717, 1.165) is 23.4 Å². The first kappa shape index (κ1) is 18.6. The molecule has 0 aliphatic heterocycles. The molecule has 0 aliphatic carbocycles. The number of halogens is 3. The molecule has 0 heterocycles. The Labute approximate surface area is 143 Å². The van der Waals surface area contributed by atoms with Crippen molar-refractivity contribution in [1.29, 1.82) is 0 Å². The van der Waals surface area contributed by atoms with Gasteiger partial charge in [0, 0.05) is 18.7 Å². The Morgan fingerprint density at radius 3 is 2.04 bits per heavy atom. The molecule has 0 saturated heterocycles. The molecule has 0 atom stereocenters. The summed E-state index contributed by atoms with van der Waals surface area (Å²) in [6, 6.07) is 12.2. The van der Waals surface area contributed by atoms with E-state index >= 15 is 0 Å². The Kier molecular flexibility index (Phi) is 5.90. The SMILES string of the molecule is CCN(Cc1ccc(OC)cc1)C(=O)c1ccc(OC(F)(F)F)cc1. The Hall–Kier alpha value is -2.70. The molecule has 0 N–H and O–H groups in total. The van der Waals surface area contributed by atoms with E-state index in [1.807, 2.05) is 19.1 Å². The van der Waals surface area contributed by atoms with Gasteiger partial charge in [-0.15, -0.1) is 13.2 Å². The van der Waals surface area contributed by atoms with Gasteiger partial charge in [0.25, 0.3) is 5.91 Å². The highest BCUT2D eigenvalue weighted by atomic mass is 19.4. The third kappa shape index (κ3) is 5.41. The van der Waals surface area contributed by atoms with Crippen LogP contribution in [0, 0.1) is 0 Å². The Morgan fingerprint density at radius 2 is 1.56 bits per heavy atom. The number of amides is 1. The Balaban J connectivity index is 2.07. The molecule has 1 amide bonds. The van der Waals surface area contributed by atoms with Gasteiger partial charge in [-0.25, -0.2) is 0 Å². The van der Waals surface area contributed by atoms with E-state index in [1.54, 1.807) is 24.1 Å². The fourth-order valence-electron chi connectivity index (χ4n) is 2.26. The highest BCUT2D eigenvalue weighted by Gasteiger charge is 2.31. The zero-order valence-corrected chi connectivity index (χ0v) is 13.8. The minimum absolute atomic E-state index is 0.267. The largest absolute Gasteiger partial charge is 0.573 e. The van der Waals surface area contributed by atoms with Crippen LogP contribution in [0.1, 0.15) is 22.8 Å². The number of carbonyl (C=O) groups excluding carboxylic acids is 1. The quantitative estimate of drug-likeness (QED) is 0.779. The van der Waals surface area contributed by atoms with E-state index < -0.39 is 6.36 Å². The third-order valence-corrected chi connectivity index (χ3v) is 3.54. The van der Waals surface area contributed by atoms with Crippen LogP contribution < -0.4 is 9.47 Å². The summed E-state index contributed by atoms with van der Waals surface area (Å²) >= 11 is 0. The third-order valence-electron chi connectivity index (χ3n) is 3.54. The molecule has 25 heavy (non-hydrogen) atoms. The number of ether oxygens (including phenoxy) is 2. The normalized spacial score (nSPS) is 11.1. The molecule has 0 aliphatic rings. The molecule has 4 nitrogen and oxygen atoms in total. The lowest BCUT2D eigenvalue weighted by Gasteiger charge is -2.21. The van der Waals surface area contributed by atoms with E-state index in [-0.39, 0.29) is 11.7 Å². The summed E-state index contributed by atoms with van der Waals surface area (Å²) in [5, 5.41) is 0. The number of rotatable bonds is 6. The number of hydrogen-bond acceptors (Lipinski definition) is 3. The van der Waals surface area contributed by atoms with Crippen LogP contribution in [0.3, 0.4) is 0 Å². The van der Waals surface area contributed by atoms with Crippen molar-refractivity contribution in [3.63, 3.8) is 0 Å². The van der Waals surface area contributed by atoms with Gasteiger partial charge in [-0.2, -0.15) is 0 Å². The lowest BCUT2D eigenvalue weighted by atomic mass is 10.1. The first-order valence-corrected chi connectivity index (χ1v) is 7.60. The maximum atomic E-state index is 12.5. The summed E-state index contributed by atoms with van der Waals surface area (Å²) in [5.41, 5.74) is 1.22. The maximum absolute atomic E-state index is 12.5. The van der Waals surface area contributed by atoms with Crippen LogP contribution in [-0.4, -0.2) is 30.8 Å². The van der Waals surface area contributed by atoms with Crippen LogP contribution in [0.2, 0.25) is 0 Å². The van der Waals surface area contributed by atoms with Gasteiger partial charge < -0.3 is 14.4 Å². The topological polar surface area (TPSA) is 38.8 Å². The predicted octanol–water partition coefficient (Wildman–Crippen LogP) is 4.26. The van der Waals surface area contributed by atoms with Crippen molar-refractivity contribution < 1.29 is 27.4 Å². The summed E-state index contributed by atoms with van der Waals surface area (Å²) in [6.45, 7) is 2.69. The highest BCUT2D eigenvalue weighted by Crippen LogP contribution is 2.23. The summed E-state index contributed by atoms with van der Waals surface area (Å²) in [5.74, 6) is 0.0949. The monoisotopic (exact) mass is 353 g/mol. The summed E-state index contributed by atoms with van der Waals surface area (Å²) in [4.78, 5) is 14.1. The van der Waals surface area contributed by atoms with Gasteiger partial charge in [-0.1, -0.05) is 12.1 Å². The second-order valence-electron chi connectivity index (χ2n) is 5.24.